The quantitative estimate of drug-likeness (QED) is 0.534. The van der Waals surface area contributed by atoms with Gasteiger partial charge >= 0.3 is 0 Å². The molecule has 0 unspecified atom stereocenters. The Kier molecular flexibility index (Phi) is 6.60. The maximum absolute atomic E-state index is 13.3. The predicted octanol–water partition coefficient (Wildman–Crippen LogP) is 3.86. The monoisotopic (exact) mass is 447 g/mol. The van der Waals surface area contributed by atoms with Gasteiger partial charge in [-0.15, -0.1) is 12.4 Å². The summed E-state index contributed by atoms with van der Waals surface area (Å²) in [6.45, 7) is 2.90. The normalized spacial score (nSPS) is 12.1. The van der Waals surface area contributed by atoms with Crippen LogP contribution in [0.4, 0.5) is 5.13 Å². The number of halogens is 1. The van der Waals surface area contributed by atoms with Crippen LogP contribution >= 0.6 is 23.7 Å². The molecular formula is C21H22ClN3O4S. The van der Waals surface area contributed by atoms with Crippen LogP contribution in [-0.2, 0) is 0 Å². The Morgan fingerprint density at radius 1 is 1.03 bits per heavy atom. The molecule has 1 aliphatic heterocycles. The van der Waals surface area contributed by atoms with E-state index in [0.29, 0.717) is 40.8 Å². The summed E-state index contributed by atoms with van der Waals surface area (Å²) in [7, 11) is 3.92. The first-order valence-corrected chi connectivity index (χ1v) is 10.0. The number of carbonyl (C=O) groups excluding carboxylic acids is 2. The molecule has 0 N–H and O–H groups in total. The SMILES string of the molecule is CC(=O)c1ccc(C(=O)N(CCN(C)C)c2nc3cc4c(cc3s2)OCO4)cc1.Cl. The Bertz CT molecular complexity index is 1040. The van der Waals surface area contributed by atoms with Crippen molar-refractivity contribution in [2.75, 3.05) is 38.9 Å². The fourth-order valence-corrected chi connectivity index (χ4v) is 4.01. The zero-order valence-corrected chi connectivity index (χ0v) is 18.5. The Labute approximate surface area is 184 Å². The molecular weight excluding hydrogens is 426 g/mol. The fourth-order valence-electron chi connectivity index (χ4n) is 3.01. The van der Waals surface area contributed by atoms with Crippen LogP contribution in [0.25, 0.3) is 10.2 Å². The maximum Gasteiger partial charge on any atom is 0.260 e. The molecule has 9 heteroatoms. The van der Waals surface area contributed by atoms with Crippen LogP contribution in [0.3, 0.4) is 0 Å². The summed E-state index contributed by atoms with van der Waals surface area (Å²) in [5.74, 6) is 1.18. The first-order chi connectivity index (χ1) is 13.9. The van der Waals surface area contributed by atoms with E-state index in [9.17, 15) is 9.59 Å². The highest BCUT2D eigenvalue weighted by Crippen LogP contribution is 2.40. The number of nitrogens with zero attached hydrogens (tertiary/aromatic N) is 3. The number of ether oxygens (including phenoxy) is 2. The van der Waals surface area contributed by atoms with Gasteiger partial charge in [0.15, 0.2) is 22.4 Å². The Morgan fingerprint density at radius 2 is 1.67 bits per heavy atom. The lowest BCUT2D eigenvalue weighted by atomic mass is 10.1. The number of benzene rings is 2. The number of likely N-dealkylation sites (N-methyl/N-ethyl adjacent to an activating group) is 1. The largest absolute Gasteiger partial charge is 0.454 e. The molecule has 1 aliphatic rings. The standard InChI is InChI=1S/C21H21N3O4S.ClH/c1-13(25)14-4-6-15(7-5-14)20(26)24(9-8-23(2)3)21-22-16-10-17-18(28-12-27-17)11-19(16)29-21;/h4-7,10-11H,8-9,12H2,1-3H3;1H. The number of anilines is 1. The van der Waals surface area contributed by atoms with Gasteiger partial charge in [-0.25, -0.2) is 4.98 Å². The summed E-state index contributed by atoms with van der Waals surface area (Å²) >= 11 is 1.44. The average Bonchev–Trinajstić information content (AvgIpc) is 3.31. The van der Waals surface area contributed by atoms with Crippen molar-refractivity contribution >= 4 is 50.8 Å². The van der Waals surface area contributed by atoms with Gasteiger partial charge in [-0.05, 0) is 33.2 Å². The van der Waals surface area contributed by atoms with Gasteiger partial charge in [0.2, 0.25) is 6.79 Å². The third-order valence-electron chi connectivity index (χ3n) is 4.66. The van der Waals surface area contributed by atoms with E-state index in [2.05, 4.69) is 4.98 Å². The van der Waals surface area contributed by atoms with E-state index >= 15 is 0 Å². The summed E-state index contributed by atoms with van der Waals surface area (Å²) in [5.41, 5.74) is 1.86. The van der Waals surface area contributed by atoms with E-state index in [-0.39, 0.29) is 30.9 Å². The van der Waals surface area contributed by atoms with Gasteiger partial charge in [-0.2, -0.15) is 0 Å². The number of fused-ring (bicyclic) bond motifs is 2. The summed E-state index contributed by atoms with van der Waals surface area (Å²) in [6.07, 6.45) is 0. The molecule has 3 aromatic rings. The second kappa shape index (κ2) is 8.99. The topological polar surface area (TPSA) is 72.0 Å². The predicted molar refractivity (Wildman–Crippen MR) is 120 cm³/mol. The third-order valence-corrected chi connectivity index (χ3v) is 5.70. The van der Waals surface area contributed by atoms with E-state index in [1.54, 1.807) is 29.2 Å². The molecule has 30 heavy (non-hydrogen) atoms. The molecule has 2 heterocycles. The van der Waals surface area contributed by atoms with Gasteiger partial charge in [-0.1, -0.05) is 23.5 Å². The first-order valence-electron chi connectivity index (χ1n) is 9.20. The second-order valence-electron chi connectivity index (χ2n) is 7.06. The van der Waals surface area contributed by atoms with Gasteiger partial charge in [0, 0.05) is 36.3 Å². The molecule has 4 rings (SSSR count). The number of hydrogen-bond acceptors (Lipinski definition) is 7. The Balaban J connectivity index is 0.00000256. The number of thiazole rings is 1. The number of ketones is 1. The highest BCUT2D eigenvalue weighted by atomic mass is 35.5. The van der Waals surface area contributed by atoms with Crippen molar-refractivity contribution in [3.05, 3.63) is 47.5 Å². The van der Waals surface area contributed by atoms with Gasteiger partial charge in [0.25, 0.3) is 5.91 Å². The van der Waals surface area contributed by atoms with E-state index in [0.717, 1.165) is 10.2 Å². The molecule has 0 saturated carbocycles. The van der Waals surface area contributed by atoms with Crippen LogP contribution < -0.4 is 14.4 Å². The van der Waals surface area contributed by atoms with Gasteiger partial charge in [0.1, 0.15) is 0 Å². The zero-order chi connectivity index (χ0) is 20.5. The molecule has 158 valence electrons. The van der Waals surface area contributed by atoms with E-state index < -0.39 is 0 Å². The molecule has 0 fully saturated rings. The minimum absolute atomic E-state index is 0. The lowest BCUT2D eigenvalue weighted by molar-refractivity contribution is 0.0981. The maximum atomic E-state index is 13.3. The smallest absolute Gasteiger partial charge is 0.260 e. The lowest BCUT2D eigenvalue weighted by Crippen LogP contribution is -2.36. The number of carbonyl (C=O) groups is 2. The summed E-state index contributed by atoms with van der Waals surface area (Å²) in [6, 6.07) is 10.5. The van der Waals surface area contributed by atoms with E-state index in [4.69, 9.17) is 9.47 Å². The Morgan fingerprint density at radius 3 is 2.30 bits per heavy atom. The van der Waals surface area contributed by atoms with Crippen molar-refractivity contribution in [1.29, 1.82) is 0 Å². The Hall–Kier alpha value is -2.68. The third kappa shape index (κ3) is 4.40. The molecule has 1 aromatic heterocycles. The minimum Gasteiger partial charge on any atom is -0.454 e. The van der Waals surface area contributed by atoms with Crippen molar-refractivity contribution in [3.63, 3.8) is 0 Å². The van der Waals surface area contributed by atoms with Crippen LogP contribution in [0.2, 0.25) is 0 Å². The second-order valence-corrected chi connectivity index (χ2v) is 8.07. The van der Waals surface area contributed by atoms with Crippen molar-refractivity contribution in [2.24, 2.45) is 0 Å². The number of amides is 1. The van der Waals surface area contributed by atoms with E-state index in [1.807, 2.05) is 31.1 Å². The van der Waals surface area contributed by atoms with Crippen LogP contribution in [-0.4, -0.2) is 55.6 Å². The molecule has 0 aliphatic carbocycles. The molecule has 2 aromatic carbocycles. The lowest BCUT2D eigenvalue weighted by Gasteiger charge is -2.22. The molecule has 7 nitrogen and oxygen atoms in total. The average molecular weight is 448 g/mol. The molecule has 0 spiro atoms. The molecule has 0 saturated heterocycles. The highest BCUT2D eigenvalue weighted by Gasteiger charge is 2.23. The molecule has 0 radical (unpaired) electrons. The minimum atomic E-state index is -0.152. The van der Waals surface area contributed by atoms with Gasteiger partial charge in [-0.3, -0.25) is 14.5 Å². The zero-order valence-electron chi connectivity index (χ0n) is 16.9. The van der Waals surface area contributed by atoms with E-state index in [1.165, 1.54) is 18.3 Å². The van der Waals surface area contributed by atoms with Gasteiger partial charge < -0.3 is 14.4 Å². The van der Waals surface area contributed by atoms with Crippen molar-refractivity contribution in [3.8, 4) is 11.5 Å². The number of Topliss-reactive ketones (excluding diaryl/α,β-unsaturated/α-hetero) is 1. The first kappa shape index (κ1) is 22.0. The summed E-state index contributed by atoms with van der Waals surface area (Å²) < 4.78 is 11.8. The fraction of sp³-hybridized carbons (Fsp3) is 0.286. The van der Waals surface area contributed by atoms with Crippen LogP contribution in [0, 0.1) is 0 Å². The molecule has 1 amide bonds. The van der Waals surface area contributed by atoms with Crippen molar-refractivity contribution in [2.45, 2.75) is 6.92 Å². The highest BCUT2D eigenvalue weighted by molar-refractivity contribution is 7.22. The van der Waals surface area contributed by atoms with Crippen molar-refractivity contribution in [1.82, 2.24) is 9.88 Å². The van der Waals surface area contributed by atoms with Crippen LogP contribution in [0.5, 0.6) is 11.5 Å². The number of rotatable bonds is 6. The van der Waals surface area contributed by atoms with Crippen molar-refractivity contribution < 1.29 is 19.1 Å². The molecule has 0 bridgehead atoms. The number of hydrogen-bond donors (Lipinski definition) is 0. The van der Waals surface area contributed by atoms with Gasteiger partial charge in [0.05, 0.1) is 10.2 Å². The van der Waals surface area contributed by atoms with Crippen LogP contribution in [0.15, 0.2) is 36.4 Å². The summed E-state index contributed by atoms with van der Waals surface area (Å²) in [5, 5.41) is 0.617. The summed E-state index contributed by atoms with van der Waals surface area (Å²) in [4.78, 5) is 33.1. The molecule has 0 atom stereocenters. The van der Waals surface area contributed by atoms with Crippen LogP contribution in [0.1, 0.15) is 27.6 Å². The number of aromatic nitrogens is 1.